The van der Waals surface area contributed by atoms with Crippen LogP contribution in [0.4, 0.5) is 0 Å². The predicted octanol–water partition coefficient (Wildman–Crippen LogP) is 1.39. The number of nitrogens with one attached hydrogen (secondary N) is 1. The molecule has 0 saturated carbocycles. The minimum Gasteiger partial charge on any atom is -0.396 e. The molecule has 1 fully saturated rings. The third-order valence-electron chi connectivity index (χ3n) is 2.73. The van der Waals surface area contributed by atoms with Gasteiger partial charge in [0.25, 0.3) is 0 Å². The van der Waals surface area contributed by atoms with Gasteiger partial charge in [0.1, 0.15) is 0 Å². The zero-order chi connectivity index (χ0) is 9.03. The van der Waals surface area contributed by atoms with E-state index in [0.29, 0.717) is 6.61 Å². The van der Waals surface area contributed by atoms with Crippen molar-refractivity contribution in [3.05, 3.63) is 0 Å². The van der Waals surface area contributed by atoms with Crippen molar-refractivity contribution < 1.29 is 5.11 Å². The largest absolute Gasteiger partial charge is 0.396 e. The minimum atomic E-state index is 0.127. The van der Waals surface area contributed by atoms with E-state index >= 15 is 0 Å². The lowest BCUT2D eigenvalue weighted by atomic mass is 9.80. The molecular formula is C10H21NO. The van der Waals surface area contributed by atoms with Crippen LogP contribution in [0.2, 0.25) is 0 Å². The Kier molecular flexibility index (Phi) is 3.53. The van der Waals surface area contributed by atoms with Gasteiger partial charge in [0.15, 0.2) is 0 Å². The highest BCUT2D eigenvalue weighted by Gasteiger charge is 2.23. The number of aliphatic hydroxyl groups excluding tert-OH is 1. The Balaban J connectivity index is 2.28. The first-order valence-electron chi connectivity index (χ1n) is 4.96. The summed E-state index contributed by atoms with van der Waals surface area (Å²) in [5.41, 5.74) is 0.127. The summed E-state index contributed by atoms with van der Waals surface area (Å²) in [4.78, 5) is 0. The van der Waals surface area contributed by atoms with Crippen LogP contribution in [0.25, 0.3) is 0 Å². The Morgan fingerprint density at radius 2 is 1.92 bits per heavy atom. The van der Waals surface area contributed by atoms with Crippen LogP contribution in [0.5, 0.6) is 0 Å². The molecule has 1 rings (SSSR count). The van der Waals surface area contributed by atoms with E-state index in [2.05, 4.69) is 19.2 Å². The molecule has 0 unspecified atom stereocenters. The summed E-state index contributed by atoms with van der Waals surface area (Å²) in [6.07, 6.45) is 3.73. The van der Waals surface area contributed by atoms with Crippen molar-refractivity contribution in [3.8, 4) is 0 Å². The lowest BCUT2D eigenvalue weighted by molar-refractivity contribution is 0.121. The van der Waals surface area contributed by atoms with Crippen LogP contribution >= 0.6 is 0 Å². The first-order chi connectivity index (χ1) is 5.64. The van der Waals surface area contributed by atoms with Crippen LogP contribution in [-0.4, -0.2) is 24.8 Å². The fourth-order valence-electron chi connectivity index (χ4n) is 1.93. The fourth-order valence-corrected chi connectivity index (χ4v) is 1.93. The van der Waals surface area contributed by atoms with Crippen molar-refractivity contribution in [2.45, 2.75) is 33.1 Å². The maximum Gasteiger partial charge on any atom is 0.0482 e. The molecule has 0 spiro atoms. The average Bonchev–Trinajstić information content (AvgIpc) is 2.06. The molecule has 0 aliphatic carbocycles. The van der Waals surface area contributed by atoms with Crippen molar-refractivity contribution in [3.63, 3.8) is 0 Å². The minimum absolute atomic E-state index is 0.127. The van der Waals surface area contributed by atoms with E-state index in [-0.39, 0.29) is 5.41 Å². The maximum atomic E-state index is 9.11. The smallest absolute Gasteiger partial charge is 0.0482 e. The molecule has 0 radical (unpaired) electrons. The highest BCUT2D eigenvalue weighted by Crippen LogP contribution is 2.29. The Bertz CT molecular complexity index is 128. The van der Waals surface area contributed by atoms with Crippen molar-refractivity contribution in [2.75, 3.05) is 19.7 Å². The molecule has 0 aromatic heterocycles. The molecule has 1 saturated heterocycles. The first-order valence-corrected chi connectivity index (χ1v) is 4.96. The normalized spacial score (nSPS) is 21.2. The van der Waals surface area contributed by atoms with Crippen molar-refractivity contribution in [2.24, 2.45) is 11.3 Å². The predicted molar refractivity (Wildman–Crippen MR) is 51.1 cm³/mol. The summed E-state index contributed by atoms with van der Waals surface area (Å²) in [5.74, 6) is 0.827. The first kappa shape index (κ1) is 10.0. The van der Waals surface area contributed by atoms with Gasteiger partial charge < -0.3 is 10.4 Å². The lowest BCUT2D eigenvalue weighted by Gasteiger charge is -2.30. The molecule has 0 bridgehead atoms. The second kappa shape index (κ2) is 4.24. The Morgan fingerprint density at radius 1 is 1.33 bits per heavy atom. The van der Waals surface area contributed by atoms with Gasteiger partial charge >= 0.3 is 0 Å². The summed E-state index contributed by atoms with van der Waals surface area (Å²) in [7, 11) is 0. The molecule has 2 nitrogen and oxygen atoms in total. The van der Waals surface area contributed by atoms with Crippen molar-refractivity contribution in [1.29, 1.82) is 0 Å². The molecule has 12 heavy (non-hydrogen) atoms. The topological polar surface area (TPSA) is 32.3 Å². The molecule has 0 atom stereocenters. The van der Waals surface area contributed by atoms with E-state index in [1.807, 2.05) is 0 Å². The fraction of sp³-hybridized carbons (Fsp3) is 1.00. The zero-order valence-corrected chi connectivity index (χ0v) is 8.27. The van der Waals surface area contributed by atoms with Gasteiger partial charge in [0.2, 0.25) is 0 Å². The molecule has 1 heterocycles. The summed E-state index contributed by atoms with van der Waals surface area (Å²) in [5, 5.41) is 12.5. The Hall–Kier alpha value is -0.0800. The molecule has 2 heteroatoms. The molecule has 1 aliphatic rings. The number of piperidine rings is 1. The highest BCUT2D eigenvalue weighted by molar-refractivity contribution is 4.76. The van der Waals surface area contributed by atoms with E-state index in [1.165, 1.54) is 19.3 Å². The van der Waals surface area contributed by atoms with Crippen LogP contribution in [0.3, 0.4) is 0 Å². The van der Waals surface area contributed by atoms with Crippen LogP contribution in [0, 0.1) is 11.3 Å². The summed E-state index contributed by atoms with van der Waals surface area (Å²) < 4.78 is 0. The van der Waals surface area contributed by atoms with Crippen LogP contribution < -0.4 is 5.32 Å². The third-order valence-corrected chi connectivity index (χ3v) is 2.73. The van der Waals surface area contributed by atoms with Gasteiger partial charge in [-0.25, -0.2) is 0 Å². The molecule has 0 amide bonds. The zero-order valence-electron chi connectivity index (χ0n) is 8.27. The van der Waals surface area contributed by atoms with Crippen LogP contribution in [-0.2, 0) is 0 Å². The Labute approximate surface area is 75.4 Å². The van der Waals surface area contributed by atoms with Crippen molar-refractivity contribution >= 4 is 0 Å². The monoisotopic (exact) mass is 171 g/mol. The Morgan fingerprint density at radius 3 is 2.42 bits per heavy atom. The van der Waals surface area contributed by atoms with Gasteiger partial charge in [0.05, 0.1) is 0 Å². The van der Waals surface area contributed by atoms with Crippen LogP contribution in [0.15, 0.2) is 0 Å². The lowest BCUT2D eigenvalue weighted by Crippen LogP contribution is -2.31. The number of aliphatic hydroxyl groups is 1. The standard InChI is InChI=1S/C10H21NO/c1-10(2,8-12)7-9-3-5-11-6-4-9/h9,11-12H,3-8H2,1-2H3. The third kappa shape index (κ3) is 3.11. The molecule has 2 N–H and O–H groups in total. The molecule has 1 aliphatic heterocycles. The summed E-state index contributed by atoms with van der Waals surface area (Å²) >= 11 is 0. The van der Waals surface area contributed by atoms with Crippen LogP contribution in [0.1, 0.15) is 33.1 Å². The van der Waals surface area contributed by atoms with Gasteiger partial charge in [-0.2, -0.15) is 0 Å². The quantitative estimate of drug-likeness (QED) is 0.672. The van der Waals surface area contributed by atoms with E-state index in [9.17, 15) is 0 Å². The van der Waals surface area contributed by atoms with Gasteiger partial charge in [0, 0.05) is 6.61 Å². The van der Waals surface area contributed by atoms with Gasteiger partial charge in [-0.15, -0.1) is 0 Å². The molecule has 72 valence electrons. The SMILES string of the molecule is CC(C)(CO)CC1CCNCC1. The summed E-state index contributed by atoms with van der Waals surface area (Å²) in [6, 6.07) is 0. The number of hydrogen-bond acceptors (Lipinski definition) is 2. The van der Waals surface area contributed by atoms with Gasteiger partial charge in [-0.05, 0) is 43.7 Å². The molecular weight excluding hydrogens is 150 g/mol. The van der Waals surface area contributed by atoms with E-state index in [0.717, 1.165) is 19.0 Å². The molecule has 0 aromatic rings. The second-order valence-corrected chi connectivity index (χ2v) is 4.72. The highest BCUT2D eigenvalue weighted by atomic mass is 16.3. The van der Waals surface area contributed by atoms with Gasteiger partial charge in [-0.3, -0.25) is 0 Å². The average molecular weight is 171 g/mol. The molecule has 0 aromatic carbocycles. The van der Waals surface area contributed by atoms with E-state index in [1.54, 1.807) is 0 Å². The maximum absolute atomic E-state index is 9.11. The van der Waals surface area contributed by atoms with Gasteiger partial charge in [-0.1, -0.05) is 13.8 Å². The number of rotatable bonds is 3. The van der Waals surface area contributed by atoms with E-state index in [4.69, 9.17) is 5.11 Å². The van der Waals surface area contributed by atoms with E-state index < -0.39 is 0 Å². The second-order valence-electron chi connectivity index (χ2n) is 4.72. The van der Waals surface area contributed by atoms with Crippen molar-refractivity contribution in [1.82, 2.24) is 5.32 Å². The number of hydrogen-bond donors (Lipinski definition) is 2. The summed E-state index contributed by atoms with van der Waals surface area (Å²) in [6.45, 7) is 6.93.